The number of amidine groups is 1. The number of rotatable bonds is 4. The molecule has 1 N–H and O–H groups in total. The first-order valence-corrected chi connectivity index (χ1v) is 9.04. The molecular weight excluding hydrogens is 381 g/mol. The first-order valence-electron chi connectivity index (χ1n) is 8.23. The van der Waals surface area contributed by atoms with Crippen LogP contribution in [0.1, 0.15) is 11.1 Å². The Morgan fingerprint density at radius 1 is 1.25 bits per heavy atom. The third-order valence-electron chi connectivity index (χ3n) is 3.85. The maximum absolute atomic E-state index is 13.6. The minimum Gasteiger partial charge on any atom is -0.466 e. The standard InChI is InChI=1S/C20H16FN3O3S/c1-12-6-7-15(21)9-16(12)14-5-3-4-13(8-14)11-22-24-20-23-19(26)17(28-20)10-18(25)27-2/h3-11H,1-2H3,(H,23,24,26)/b17-10+,22-11?. The normalized spacial score (nSPS) is 16.8. The maximum Gasteiger partial charge on any atom is 0.331 e. The van der Waals surface area contributed by atoms with E-state index in [1.165, 1.54) is 25.5 Å². The van der Waals surface area contributed by atoms with Gasteiger partial charge in [0.25, 0.3) is 5.91 Å². The van der Waals surface area contributed by atoms with E-state index >= 15 is 0 Å². The van der Waals surface area contributed by atoms with Gasteiger partial charge in [-0.1, -0.05) is 24.3 Å². The molecule has 1 saturated heterocycles. The maximum atomic E-state index is 13.6. The van der Waals surface area contributed by atoms with Gasteiger partial charge in [0.2, 0.25) is 0 Å². The number of thioether (sulfide) groups is 1. The summed E-state index contributed by atoms with van der Waals surface area (Å²) in [6, 6.07) is 12.1. The van der Waals surface area contributed by atoms with Gasteiger partial charge in [0, 0.05) is 6.08 Å². The Kier molecular flexibility index (Phi) is 6.00. The van der Waals surface area contributed by atoms with Crippen molar-refractivity contribution < 1.29 is 18.7 Å². The van der Waals surface area contributed by atoms with Gasteiger partial charge in [0.15, 0.2) is 5.17 Å². The lowest BCUT2D eigenvalue weighted by Crippen LogP contribution is -2.19. The van der Waals surface area contributed by atoms with Crippen LogP contribution < -0.4 is 5.32 Å². The van der Waals surface area contributed by atoms with Crippen molar-refractivity contribution in [2.75, 3.05) is 7.11 Å². The lowest BCUT2D eigenvalue weighted by atomic mass is 9.99. The second-order valence-corrected chi connectivity index (χ2v) is 6.85. The Balaban J connectivity index is 1.76. The molecule has 0 unspecified atom stereocenters. The molecule has 8 heteroatoms. The van der Waals surface area contributed by atoms with Gasteiger partial charge in [-0.3, -0.25) is 10.1 Å². The van der Waals surface area contributed by atoms with Crippen molar-refractivity contribution in [2.24, 2.45) is 10.2 Å². The number of hydrogen-bond acceptors (Lipinski definition) is 6. The van der Waals surface area contributed by atoms with Crippen LogP contribution in [-0.4, -0.2) is 30.4 Å². The summed E-state index contributed by atoms with van der Waals surface area (Å²) in [5.41, 5.74) is 3.40. The SMILES string of the molecule is COC(=O)/C=C1/S/C(=N\N=Cc2cccc(-c3cc(F)ccc3C)c2)NC1=O. The quantitative estimate of drug-likeness (QED) is 0.371. The minimum atomic E-state index is -0.619. The molecule has 0 aliphatic carbocycles. The van der Waals surface area contributed by atoms with Crippen molar-refractivity contribution in [1.82, 2.24) is 5.32 Å². The number of halogens is 1. The molecule has 0 atom stereocenters. The van der Waals surface area contributed by atoms with Gasteiger partial charge in [0.1, 0.15) is 5.82 Å². The van der Waals surface area contributed by atoms with Gasteiger partial charge in [0.05, 0.1) is 18.2 Å². The first kappa shape index (κ1) is 19.5. The van der Waals surface area contributed by atoms with Crippen LogP contribution in [0.5, 0.6) is 0 Å². The molecule has 142 valence electrons. The third kappa shape index (κ3) is 4.72. The summed E-state index contributed by atoms with van der Waals surface area (Å²) in [6.07, 6.45) is 2.62. The summed E-state index contributed by atoms with van der Waals surface area (Å²) in [7, 11) is 1.23. The summed E-state index contributed by atoms with van der Waals surface area (Å²) in [6.45, 7) is 1.92. The van der Waals surface area contributed by atoms with Crippen molar-refractivity contribution in [2.45, 2.75) is 6.92 Å². The Morgan fingerprint density at radius 2 is 2.07 bits per heavy atom. The topological polar surface area (TPSA) is 80.1 Å². The van der Waals surface area contributed by atoms with E-state index in [0.29, 0.717) is 0 Å². The van der Waals surface area contributed by atoms with E-state index in [2.05, 4.69) is 20.3 Å². The first-order chi connectivity index (χ1) is 13.5. The van der Waals surface area contributed by atoms with Crippen LogP contribution in [0.2, 0.25) is 0 Å². The summed E-state index contributed by atoms with van der Waals surface area (Å²) in [4.78, 5) is 23.2. The van der Waals surface area contributed by atoms with Crippen LogP contribution in [0.15, 0.2) is 63.6 Å². The van der Waals surface area contributed by atoms with Gasteiger partial charge < -0.3 is 4.74 Å². The fraction of sp³-hybridized carbons (Fsp3) is 0.100. The zero-order valence-corrected chi connectivity index (χ0v) is 15.9. The predicted molar refractivity (Wildman–Crippen MR) is 107 cm³/mol. The largest absolute Gasteiger partial charge is 0.466 e. The van der Waals surface area contributed by atoms with Gasteiger partial charge in [-0.05, 0) is 59.1 Å². The second-order valence-electron chi connectivity index (χ2n) is 5.82. The number of benzene rings is 2. The molecular formula is C20H16FN3O3S. The molecule has 1 aliphatic heterocycles. The van der Waals surface area contributed by atoms with Crippen molar-refractivity contribution >= 4 is 35.0 Å². The fourth-order valence-electron chi connectivity index (χ4n) is 2.48. The Morgan fingerprint density at radius 3 is 2.86 bits per heavy atom. The molecule has 1 heterocycles. The molecule has 6 nitrogen and oxygen atoms in total. The lowest BCUT2D eigenvalue weighted by Gasteiger charge is -2.07. The Hall–Kier alpha value is -3.26. The van der Waals surface area contributed by atoms with Crippen LogP contribution >= 0.6 is 11.8 Å². The molecule has 0 saturated carbocycles. The van der Waals surface area contributed by atoms with E-state index in [4.69, 9.17) is 0 Å². The van der Waals surface area contributed by atoms with E-state index < -0.39 is 11.9 Å². The van der Waals surface area contributed by atoms with Crippen molar-refractivity contribution in [3.8, 4) is 11.1 Å². The molecule has 1 aliphatic rings. The highest BCUT2D eigenvalue weighted by molar-refractivity contribution is 8.18. The van der Waals surface area contributed by atoms with Crippen LogP contribution in [0.4, 0.5) is 4.39 Å². The smallest absolute Gasteiger partial charge is 0.331 e. The van der Waals surface area contributed by atoms with E-state index in [-0.39, 0.29) is 15.9 Å². The average molecular weight is 397 g/mol. The number of nitrogens with zero attached hydrogens (tertiary/aromatic N) is 2. The van der Waals surface area contributed by atoms with Gasteiger partial charge in [-0.2, -0.15) is 5.10 Å². The molecule has 0 bridgehead atoms. The number of carbonyl (C=O) groups excluding carboxylic acids is 2. The predicted octanol–water partition coefficient (Wildman–Crippen LogP) is 3.41. The molecule has 1 fully saturated rings. The Bertz CT molecular complexity index is 1030. The zero-order valence-electron chi connectivity index (χ0n) is 15.1. The number of amides is 1. The van der Waals surface area contributed by atoms with E-state index in [1.807, 2.05) is 31.2 Å². The summed E-state index contributed by atoms with van der Waals surface area (Å²) in [5, 5.41) is 10.7. The molecule has 3 rings (SSSR count). The van der Waals surface area contributed by atoms with E-state index in [1.54, 1.807) is 6.07 Å². The second kappa shape index (κ2) is 8.62. The van der Waals surface area contributed by atoms with Crippen molar-refractivity contribution in [1.29, 1.82) is 0 Å². The van der Waals surface area contributed by atoms with Crippen LogP contribution in [-0.2, 0) is 14.3 Å². The minimum absolute atomic E-state index is 0.185. The highest BCUT2D eigenvalue weighted by atomic mass is 32.2. The molecule has 2 aromatic carbocycles. The van der Waals surface area contributed by atoms with Crippen LogP contribution in [0.3, 0.4) is 0 Å². The number of esters is 1. The summed E-state index contributed by atoms with van der Waals surface area (Å²) < 4.78 is 18.1. The van der Waals surface area contributed by atoms with Crippen molar-refractivity contribution in [3.63, 3.8) is 0 Å². The molecule has 0 radical (unpaired) electrons. The molecule has 1 amide bonds. The van der Waals surface area contributed by atoms with Gasteiger partial charge in [-0.15, -0.1) is 5.10 Å². The lowest BCUT2D eigenvalue weighted by molar-refractivity contribution is -0.135. The van der Waals surface area contributed by atoms with Crippen molar-refractivity contribution in [3.05, 3.63) is 70.4 Å². The average Bonchev–Trinajstić information content (AvgIpc) is 3.03. The number of hydrogen-bond donors (Lipinski definition) is 1. The number of aryl methyl sites for hydroxylation is 1. The summed E-state index contributed by atoms with van der Waals surface area (Å²) >= 11 is 0.995. The van der Waals surface area contributed by atoms with E-state index in [0.717, 1.165) is 40.1 Å². The highest BCUT2D eigenvalue weighted by Gasteiger charge is 2.24. The number of ether oxygens (including phenoxy) is 1. The molecule has 0 aromatic heterocycles. The number of carbonyl (C=O) groups is 2. The third-order valence-corrected chi connectivity index (χ3v) is 4.75. The van der Waals surface area contributed by atoms with Crippen LogP contribution in [0.25, 0.3) is 11.1 Å². The van der Waals surface area contributed by atoms with Gasteiger partial charge >= 0.3 is 5.97 Å². The molecule has 0 spiro atoms. The van der Waals surface area contributed by atoms with Crippen LogP contribution in [0, 0.1) is 12.7 Å². The fourth-order valence-corrected chi connectivity index (χ4v) is 3.22. The molecule has 28 heavy (non-hydrogen) atoms. The molecule has 2 aromatic rings. The zero-order chi connectivity index (χ0) is 20.1. The number of methoxy groups -OCH3 is 1. The monoisotopic (exact) mass is 397 g/mol. The number of nitrogens with one attached hydrogen (secondary N) is 1. The highest BCUT2D eigenvalue weighted by Crippen LogP contribution is 2.25. The summed E-state index contributed by atoms with van der Waals surface area (Å²) in [5.74, 6) is -1.35. The van der Waals surface area contributed by atoms with E-state index in [9.17, 15) is 14.0 Å². The Labute approximate surface area is 165 Å². The van der Waals surface area contributed by atoms with Gasteiger partial charge in [-0.25, -0.2) is 9.18 Å².